The van der Waals surface area contributed by atoms with Crippen LogP contribution in [0.15, 0.2) is 0 Å². The van der Waals surface area contributed by atoms with Gasteiger partial charge in [-0.2, -0.15) is 0 Å². The van der Waals surface area contributed by atoms with Crippen molar-refractivity contribution in [2.24, 2.45) is 0 Å². The van der Waals surface area contributed by atoms with E-state index in [9.17, 15) is 0 Å². The van der Waals surface area contributed by atoms with Crippen LogP contribution in [0.1, 0.15) is 39.0 Å². The molecule has 42 valence electrons. The van der Waals surface area contributed by atoms with Gasteiger partial charge in [0.2, 0.25) is 0 Å². The first-order valence-electron chi connectivity index (χ1n) is 3.77. The van der Waals surface area contributed by atoms with E-state index in [2.05, 4.69) is 6.92 Å². The second-order valence-electron chi connectivity index (χ2n) is 3.37. The molecule has 0 saturated heterocycles. The zero-order valence-electron chi connectivity index (χ0n) is 6.04. The van der Waals surface area contributed by atoms with Gasteiger partial charge in [0.1, 0.15) is 0 Å². The van der Waals surface area contributed by atoms with Crippen LogP contribution in [0, 0.1) is 0 Å². The van der Waals surface area contributed by atoms with E-state index in [1.165, 1.54) is 60.0 Å². The summed E-state index contributed by atoms with van der Waals surface area (Å²) in [6.07, 6.45) is 7.54. The molecular weight excluding hydrogens is 107 g/mol. The number of rotatable bonds is 1. The quantitative estimate of drug-likeness (QED) is 0.466. The molecule has 0 aromatic heterocycles. The minimum absolute atomic E-state index is 0.875. The Hall–Kier alpha value is 1.00. The van der Waals surface area contributed by atoms with Gasteiger partial charge in [-0.25, -0.2) is 0 Å². The van der Waals surface area contributed by atoms with E-state index in [0.29, 0.717) is 0 Å². The van der Waals surface area contributed by atoms with Crippen molar-refractivity contribution in [1.29, 1.82) is 0 Å². The average Bonchev–Trinajstić information content (AvgIpc) is 2.17. The molecule has 8 heavy (non-hydrogen) atoms. The van der Waals surface area contributed by atoms with Crippen LogP contribution in [0.5, 0.6) is 0 Å². The molecule has 0 radical (unpaired) electrons. The third-order valence-corrected chi connectivity index (χ3v) is 4.37. The molecule has 1 saturated carbocycles. The summed E-state index contributed by atoms with van der Waals surface area (Å²) in [4.78, 5) is 0. The molecule has 0 aliphatic heterocycles. The first-order chi connectivity index (χ1) is 3.77. The molecule has 0 N–H and O–H groups in total. The Morgan fingerprint density at radius 1 is 1.38 bits per heavy atom. The van der Waals surface area contributed by atoms with Crippen molar-refractivity contribution in [2.45, 2.75) is 41.7 Å². The van der Waals surface area contributed by atoms with Gasteiger partial charge in [0, 0.05) is 0 Å². The van der Waals surface area contributed by atoms with Crippen molar-refractivity contribution in [3.63, 3.8) is 0 Å². The molecule has 0 aromatic rings. The predicted molar refractivity (Wildman–Crippen MR) is 37.2 cm³/mol. The van der Waals surface area contributed by atoms with Crippen molar-refractivity contribution < 1.29 is 0 Å². The minimum atomic E-state index is 0.875. The van der Waals surface area contributed by atoms with Crippen molar-refractivity contribution >= 4 is 27.9 Å². The van der Waals surface area contributed by atoms with E-state index >= 15 is 0 Å². The van der Waals surface area contributed by atoms with E-state index in [1.54, 1.807) is 0 Å². The molecule has 0 atom stereocenters. The Labute approximate surface area is 69.5 Å². The Balaban J connectivity index is 2.40. The maximum absolute atomic E-state index is 2.35. The average molecular weight is 120 g/mol. The molecule has 1 aliphatic carbocycles. The van der Waals surface area contributed by atoms with Crippen LogP contribution in [-0.2, 0) is 0 Å². The van der Waals surface area contributed by atoms with Crippen LogP contribution in [0.2, 0.25) is 2.66 Å². The van der Waals surface area contributed by atoms with Gasteiger partial charge >= 0.3 is 69.6 Å². The summed E-state index contributed by atoms with van der Waals surface area (Å²) in [5.74, 6) is 0. The second-order valence-corrected chi connectivity index (χ2v) is 5.49. The van der Waals surface area contributed by atoms with Crippen LogP contribution in [0.3, 0.4) is 0 Å². The Morgan fingerprint density at radius 3 is 2.12 bits per heavy atom. The van der Waals surface area contributed by atoms with Crippen molar-refractivity contribution in [3.8, 4) is 0 Å². The summed E-state index contributed by atoms with van der Waals surface area (Å²) in [5, 5.41) is 0. The molecule has 0 unspecified atom stereocenters. The number of hydrogen-bond acceptors (Lipinski definition) is 0. The van der Waals surface area contributed by atoms with Gasteiger partial charge in [0.15, 0.2) is 0 Å². The van der Waals surface area contributed by atoms with Gasteiger partial charge in [0.25, 0.3) is 0 Å². The van der Waals surface area contributed by atoms with Crippen LogP contribution in [-0.4, -0.2) is 27.9 Å². The fraction of sp³-hybridized carbons (Fsp3) is 1.00. The molecule has 0 aromatic carbocycles. The van der Waals surface area contributed by atoms with Gasteiger partial charge in [-0.05, 0) is 0 Å². The van der Waals surface area contributed by atoms with Gasteiger partial charge in [-0.15, -0.1) is 0 Å². The Bertz CT molecular complexity index is 72.5. The topological polar surface area (TPSA) is 0 Å². The molecule has 0 nitrogen and oxygen atoms in total. The van der Waals surface area contributed by atoms with Gasteiger partial charge in [-0.3, -0.25) is 0 Å². The number of hydrogen-bond donors (Lipinski definition) is 0. The predicted octanol–water partition coefficient (Wildman–Crippen LogP) is 2.30. The summed E-state index contributed by atoms with van der Waals surface area (Å²) in [6, 6.07) is 0. The third kappa shape index (κ3) is 1.49. The summed E-state index contributed by atoms with van der Waals surface area (Å²) < 4.78 is 0.875. The molecule has 1 aliphatic rings. The van der Waals surface area contributed by atoms with Crippen LogP contribution < -0.4 is 0 Å². The fourth-order valence-electron chi connectivity index (χ4n) is 1.58. The molecule has 0 amide bonds. The Kier molecular flexibility index (Phi) is 2.42. The van der Waals surface area contributed by atoms with E-state index in [-0.39, 0.29) is 0 Å². The van der Waals surface area contributed by atoms with Gasteiger partial charge in [0.05, 0.1) is 0 Å². The van der Waals surface area contributed by atoms with Crippen LogP contribution in [0.25, 0.3) is 0 Å². The summed E-state index contributed by atoms with van der Waals surface area (Å²) >= 11 is 1.43. The third-order valence-electron chi connectivity index (χ3n) is 2.66. The van der Waals surface area contributed by atoms with E-state index in [4.69, 9.17) is 0 Å². The molecule has 1 rings (SSSR count). The summed E-state index contributed by atoms with van der Waals surface area (Å²) in [6.45, 7) is 2.35. The first-order valence-corrected chi connectivity index (χ1v) is 4.77. The van der Waals surface area contributed by atoms with E-state index in [1.807, 2.05) is 0 Å². The zero-order chi connectivity index (χ0) is 6.04. The Morgan fingerprint density at radius 2 is 1.88 bits per heavy atom. The van der Waals surface area contributed by atoms with E-state index < -0.39 is 0 Å². The fourth-order valence-corrected chi connectivity index (χ4v) is 2.29. The first kappa shape index (κ1) is 7.11. The molecule has 0 spiro atoms. The maximum atomic E-state index is 2.35. The molecule has 1 heteroatoms. The molecule has 1 fully saturated rings. The van der Waals surface area contributed by atoms with Crippen LogP contribution >= 0.6 is 0 Å². The molecular formula is C7H13Na. The molecule has 0 heterocycles. The zero-order valence-corrected chi connectivity index (χ0v) is 8.04. The monoisotopic (exact) mass is 120 g/mol. The SMILES string of the molecule is CC[C]1([Na])CCCC1. The summed E-state index contributed by atoms with van der Waals surface area (Å²) in [5.41, 5.74) is 0. The summed E-state index contributed by atoms with van der Waals surface area (Å²) in [7, 11) is 0. The van der Waals surface area contributed by atoms with Crippen molar-refractivity contribution in [1.82, 2.24) is 0 Å². The second kappa shape index (κ2) is 2.72. The van der Waals surface area contributed by atoms with Crippen molar-refractivity contribution in [2.75, 3.05) is 0 Å². The van der Waals surface area contributed by atoms with Gasteiger partial charge in [-0.1, -0.05) is 0 Å². The normalized spacial score (nSPS) is 26.4. The van der Waals surface area contributed by atoms with Crippen LogP contribution in [0.4, 0.5) is 0 Å². The molecule has 0 bridgehead atoms. The standard InChI is InChI=1S/C7H13.Na/c1-2-7-5-3-4-6-7;/h2-6H2,1H3;. The van der Waals surface area contributed by atoms with Gasteiger partial charge < -0.3 is 0 Å². The van der Waals surface area contributed by atoms with Crippen molar-refractivity contribution in [3.05, 3.63) is 0 Å². The van der Waals surface area contributed by atoms with E-state index in [0.717, 1.165) is 2.66 Å².